The summed E-state index contributed by atoms with van der Waals surface area (Å²) in [5, 5.41) is 11.1. The molecule has 4 rings (SSSR count). The van der Waals surface area contributed by atoms with Crippen molar-refractivity contribution in [2.24, 2.45) is 0 Å². The molecule has 4 nitrogen and oxygen atoms in total. The maximum absolute atomic E-state index is 9.75. The number of likely N-dealkylation sites (N-methyl/N-ethyl adjacent to an activating group) is 1. The molecule has 126 valence electrons. The number of hydrogen-bond donors (Lipinski definition) is 0. The number of benzene rings is 1. The first-order valence-corrected chi connectivity index (χ1v) is 8.76. The number of rotatable bonds is 3. The molecule has 1 unspecified atom stereocenters. The summed E-state index contributed by atoms with van der Waals surface area (Å²) in [5.74, 6) is -0.163. The van der Waals surface area contributed by atoms with Crippen molar-refractivity contribution in [3.63, 3.8) is 0 Å². The average Bonchev–Trinajstić information content (AvgIpc) is 2.92. The molecule has 0 aliphatic carbocycles. The van der Waals surface area contributed by atoms with Gasteiger partial charge in [0.15, 0.2) is 0 Å². The van der Waals surface area contributed by atoms with Gasteiger partial charge in [0.25, 0.3) is 0 Å². The Morgan fingerprint density at radius 3 is 2.80 bits per heavy atom. The maximum atomic E-state index is 9.75. The summed E-state index contributed by atoms with van der Waals surface area (Å²) in [4.78, 5) is 6.45. The van der Waals surface area contributed by atoms with Crippen LogP contribution in [0.2, 0.25) is 0 Å². The molecule has 0 fully saturated rings. The zero-order valence-electron chi connectivity index (χ0n) is 14.7. The Balaban J connectivity index is 1.83. The van der Waals surface area contributed by atoms with E-state index in [-0.39, 0.29) is 5.92 Å². The third-order valence-corrected chi connectivity index (χ3v) is 5.23. The van der Waals surface area contributed by atoms with E-state index in [1.165, 1.54) is 27.7 Å². The summed E-state index contributed by atoms with van der Waals surface area (Å²) in [5.41, 5.74) is 6.40. The van der Waals surface area contributed by atoms with Crippen LogP contribution in [-0.4, -0.2) is 28.0 Å². The van der Waals surface area contributed by atoms with Crippen LogP contribution in [0.25, 0.3) is 10.9 Å². The fourth-order valence-corrected chi connectivity index (χ4v) is 3.91. The fourth-order valence-electron chi connectivity index (χ4n) is 3.91. The monoisotopic (exact) mass is 330 g/mol. The van der Waals surface area contributed by atoms with Crippen LogP contribution in [0, 0.1) is 18.3 Å². The highest BCUT2D eigenvalue weighted by Crippen LogP contribution is 2.33. The van der Waals surface area contributed by atoms with Crippen LogP contribution in [0.4, 0.5) is 0 Å². The second-order valence-corrected chi connectivity index (χ2v) is 7.01. The van der Waals surface area contributed by atoms with E-state index in [4.69, 9.17) is 0 Å². The van der Waals surface area contributed by atoms with E-state index in [2.05, 4.69) is 52.7 Å². The molecule has 1 aromatic carbocycles. The van der Waals surface area contributed by atoms with Crippen molar-refractivity contribution in [1.29, 1.82) is 5.26 Å². The van der Waals surface area contributed by atoms with Gasteiger partial charge in [-0.05, 0) is 49.4 Å². The first-order valence-electron chi connectivity index (χ1n) is 8.76. The van der Waals surface area contributed by atoms with Crippen molar-refractivity contribution in [2.75, 3.05) is 13.6 Å². The summed E-state index contributed by atoms with van der Waals surface area (Å²) in [6, 6.07) is 13.1. The lowest BCUT2D eigenvalue weighted by Gasteiger charge is -2.25. The molecule has 2 aromatic heterocycles. The zero-order chi connectivity index (χ0) is 17.4. The number of pyridine rings is 1. The van der Waals surface area contributed by atoms with Gasteiger partial charge in [0.05, 0.1) is 12.0 Å². The Labute approximate surface area is 148 Å². The van der Waals surface area contributed by atoms with Gasteiger partial charge in [0.1, 0.15) is 0 Å². The number of nitriles is 1. The van der Waals surface area contributed by atoms with Crippen molar-refractivity contribution in [1.82, 2.24) is 14.5 Å². The Kier molecular flexibility index (Phi) is 4.03. The summed E-state index contributed by atoms with van der Waals surface area (Å²) in [6.07, 6.45) is 4.57. The maximum Gasteiger partial charge on any atom is 0.0892 e. The molecular weight excluding hydrogens is 308 g/mol. The minimum atomic E-state index is -0.163. The molecule has 3 heterocycles. The quantitative estimate of drug-likeness (QED) is 0.736. The first-order chi connectivity index (χ1) is 12.2. The molecule has 0 spiro atoms. The molecule has 0 saturated heterocycles. The van der Waals surface area contributed by atoms with Gasteiger partial charge in [-0.1, -0.05) is 11.6 Å². The lowest BCUT2D eigenvalue weighted by molar-refractivity contribution is 0.309. The van der Waals surface area contributed by atoms with E-state index in [9.17, 15) is 5.26 Å². The van der Waals surface area contributed by atoms with Crippen molar-refractivity contribution in [3.8, 4) is 6.07 Å². The van der Waals surface area contributed by atoms with Crippen molar-refractivity contribution < 1.29 is 0 Å². The lowest BCUT2D eigenvalue weighted by atomic mass is 10.0. The highest BCUT2D eigenvalue weighted by atomic mass is 15.1. The molecular formula is C21H22N4. The topological polar surface area (TPSA) is 44.9 Å². The van der Waals surface area contributed by atoms with E-state index in [1.54, 1.807) is 12.4 Å². The van der Waals surface area contributed by atoms with E-state index in [0.29, 0.717) is 6.54 Å². The van der Waals surface area contributed by atoms with Crippen LogP contribution >= 0.6 is 0 Å². The zero-order valence-corrected chi connectivity index (χ0v) is 14.7. The van der Waals surface area contributed by atoms with Gasteiger partial charge in [-0.25, -0.2) is 0 Å². The van der Waals surface area contributed by atoms with E-state index in [0.717, 1.165) is 25.1 Å². The van der Waals surface area contributed by atoms with E-state index >= 15 is 0 Å². The summed E-state index contributed by atoms with van der Waals surface area (Å²) < 4.78 is 2.38. The summed E-state index contributed by atoms with van der Waals surface area (Å²) in [6.45, 7) is 4.88. The second kappa shape index (κ2) is 6.34. The lowest BCUT2D eigenvalue weighted by Crippen LogP contribution is -2.27. The van der Waals surface area contributed by atoms with Crippen LogP contribution in [0.5, 0.6) is 0 Å². The molecule has 1 atom stereocenters. The molecule has 0 amide bonds. The van der Waals surface area contributed by atoms with Crippen LogP contribution in [0.15, 0.2) is 42.7 Å². The fraction of sp³-hybridized carbons (Fsp3) is 0.333. The first kappa shape index (κ1) is 15.9. The number of fused-ring (bicyclic) bond motifs is 3. The van der Waals surface area contributed by atoms with Gasteiger partial charge in [0, 0.05) is 55.0 Å². The molecule has 25 heavy (non-hydrogen) atoms. The molecule has 0 bridgehead atoms. The van der Waals surface area contributed by atoms with Gasteiger partial charge in [-0.15, -0.1) is 0 Å². The Morgan fingerprint density at radius 1 is 1.24 bits per heavy atom. The third-order valence-electron chi connectivity index (χ3n) is 5.23. The Hall–Kier alpha value is -2.64. The summed E-state index contributed by atoms with van der Waals surface area (Å²) >= 11 is 0. The Morgan fingerprint density at radius 2 is 2.04 bits per heavy atom. The molecule has 0 radical (unpaired) electrons. The minimum Gasteiger partial charge on any atom is -0.343 e. The minimum absolute atomic E-state index is 0.163. The van der Waals surface area contributed by atoms with E-state index in [1.807, 2.05) is 12.1 Å². The number of nitrogens with zero attached hydrogens (tertiary/aromatic N) is 4. The molecule has 1 aliphatic heterocycles. The standard InChI is InChI=1S/C21H22N4/c1-15-3-4-20-18(11-15)19-14-24(2)10-7-21(19)25(20)13-17(12-22)16-5-8-23-9-6-16/h3-6,8-9,11,17H,7,10,13-14H2,1-2H3. The van der Waals surface area contributed by atoms with Crippen LogP contribution in [0.1, 0.15) is 28.3 Å². The smallest absolute Gasteiger partial charge is 0.0892 e. The molecule has 4 heteroatoms. The number of aromatic nitrogens is 2. The molecule has 3 aromatic rings. The predicted molar refractivity (Wildman–Crippen MR) is 99.3 cm³/mol. The van der Waals surface area contributed by atoms with Crippen molar-refractivity contribution in [3.05, 3.63) is 65.1 Å². The van der Waals surface area contributed by atoms with Gasteiger partial charge in [-0.3, -0.25) is 4.98 Å². The molecule has 0 N–H and O–H groups in total. The molecule has 1 aliphatic rings. The number of hydrogen-bond acceptors (Lipinski definition) is 3. The molecule has 0 saturated carbocycles. The highest BCUT2D eigenvalue weighted by molar-refractivity contribution is 5.86. The summed E-state index contributed by atoms with van der Waals surface area (Å²) in [7, 11) is 2.18. The number of aryl methyl sites for hydroxylation is 1. The third kappa shape index (κ3) is 2.81. The van der Waals surface area contributed by atoms with Crippen LogP contribution < -0.4 is 0 Å². The highest BCUT2D eigenvalue weighted by Gasteiger charge is 2.24. The second-order valence-electron chi connectivity index (χ2n) is 7.01. The van der Waals surface area contributed by atoms with Crippen LogP contribution in [-0.2, 0) is 19.5 Å². The van der Waals surface area contributed by atoms with Gasteiger partial charge < -0.3 is 9.47 Å². The normalized spacial score (nSPS) is 15.7. The van der Waals surface area contributed by atoms with E-state index < -0.39 is 0 Å². The average molecular weight is 330 g/mol. The van der Waals surface area contributed by atoms with Gasteiger partial charge >= 0.3 is 0 Å². The SMILES string of the molecule is Cc1ccc2c(c1)c1c(n2CC(C#N)c2ccncc2)CCN(C)C1. The Bertz CT molecular complexity index is 949. The van der Waals surface area contributed by atoms with Crippen molar-refractivity contribution in [2.45, 2.75) is 32.4 Å². The van der Waals surface area contributed by atoms with Gasteiger partial charge in [-0.2, -0.15) is 5.26 Å². The van der Waals surface area contributed by atoms with Crippen molar-refractivity contribution >= 4 is 10.9 Å². The largest absolute Gasteiger partial charge is 0.343 e. The van der Waals surface area contributed by atoms with Gasteiger partial charge in [0.2, 0.25) is 0 Å². The van der Waals surface area contributed by atoms with Crippen LogP contribution in [0.3, 0.4) is 0 Å². The predicted octanol–water partition coefficient (Wildman–Crippen LogP) is 3.64.